The van der Waals surface area contributed by atoms with E-state index in [1.54, 1.807) is 14.2 Å². The normalized spacial score (nSPS) is 16.3. The average molecular weight is 247 g/mol. The molecule has 1 unspecified atom stereocenters. The van der Waals surface area contributed by atoms with Crippen molar-refractivity contribution in [2.24, 2.45) is 0 Å². The zero-order valence-corrected chi connectivity index (χ0v) is 11.3. The van der Waals surface area contributed by atoms with Crippen LogP contribution in [0.4, 0.5) is 0 Å². The van der Waals surface area contributed by atoms with Crippen LogP contribution in [0.3, 0.4) is 0 Å². The minimum atomic E-state index is 0.261. The van der Waals surface area contributed by atoms with Gasteiger partial charge in [0.15, 0.2) is 0 Å². The fraction of sp³-hybridized carbons (Fsp3) is 0.467. The largest absolute Gasteiger partial charge is 0.497 e. The lowest BCUT2D eigenvalue weighted by molar-refractivity contribution is 0.392. The highest BCUT2D eigenvalue weighted by Crippen LogP contribution is 2.34. The molecule has 0 spiro atoms. The summed E-state index contributed by atoms with van der Waals surface area (Å²) in [5.41, 5.74) is 2.66. The lowest BCUT2D eigenvalue weighted by atomic mass is 9.98. The van der Waals surface area contributed by atoms with Gasteiger partial charge in [0.1, 0.15) is 11.5 Å². The fourth-order valence-corrected chi connectivity index (χ4v) is 2.52. The monoisotopic (exact) mass is 247 g/mol. The summed E-state index contributed by atoms with van der Waals surface area (Å²) in [5.74, 6) is 1.67. The van der Waals surface area contributed by atoms with Gasteiger partial charge in [0, 0.05) is 6.07 Å². The van der Waals surface area contributed by atoms with E-state index in [2.05, 4.69) is 23.5 Å². The molecule has 1 aromatic carbocycles. The van der Waals surface area contributed by atoms with Crippen LogP contribution in [0.1, 0.15) is 30.9 Å². The Labute approximate surface area is 109 Å². The number of hydrogen-bond acceptors (Lipinski definition) is 3. The molecule has 1 N–H and O–H groups in total. The highest BCUT2D eigenvalue weighted by atomic mass is 16.5. The number of ether oxygens (including phenoxy) is 2. The van der Waals surface area contributed by atoms with Crippen molar-refractivity contribution in [3.63, 3.8) is 0 Å². The molecular formula is C15H21NO2. The van der Waals surface area contributed by atoms with Crippen LogP contribution < -0.4 is 14.8 Å². The summed E-state index contributed by atoms with van der Waals surface area (Å²) in [4.78, 5) is 0. The molecule has 0 amide bonds. The molecule has 2 rings (SSSR count). The van der Waals surface area contributed by atoms with Crippen LogP contribution in [0.15, 0.2) is 29.8 Å². The Morgan fingerprint density at radius 2 is 1.78 bits per heavy atom. The van der Waals surface area contributed by atoms with Gasteiger partial charge in [-0.25, -0.2) is 0 Å². The maximum absolute atomic E-state index is 5.33. The molecule has 1 aliphatic carbocycles. The first-order valence-corrected chi connectivity index (χ1v) is 6.37. The third-order valence-corrected chi connectivity index (χ3v) is 3.44. The van der Waals surface area contributed by atoms with Gasteiger partial charge < -0.3 is 14.8 Å². The Morgan fingerprint density at radius 1 is 1.11 bits per heavy atom. The molecule has 18 heavy (non-hydrogen) atoms. The Balaban J connectivity index is 2.34. The van der Waals surface area contributed by atoms with Gasteiger partial charge in [0.25, 0.3) is 0 Å². The van der Waals surface area contributed by atoms with Crippen LogP contribution in [0.5, 0.6) is 11.5 Å². The van der Waals surface area contributed by atoms with E-state index in [4.69, 9.17) is 9.47 Å². The summed E-state index contributed by atoms with van der Waals surface area (Å²) in [6, 6.07) is 6.31. The molecule has 3 heteroatoms. The van der Waals surface area contributed by atoms with Crippen molar-refractivity contribution in [2.75, 3.05) is 21.3 Å². The summed E-state index contributed by atoms with van der Waals surface area (Å²) in [7, 11) is 5.36. The topological polar surface area (TPSA) is 30.5 Å². The van der Waals surface area contributed by atoms with Crippen LogP contribution in [0.25, 0.3) is 0 Å². The van der Waals surface area contributed by atoms with Crippen LogP contribution in [0.2, 0.25) is 0 Å². The summed E-state index contributed by atoms with van der Waals surface area (Å²) in [5, 5.41) is 3.38. The number of rotatable bonds is 5. The quantitative estimate of drug-likeness (QED) is 0.811. The number of methoxy groups -OCH3 is 2. The van der Waals surface area contributed by atoms with Crippen LogP contribution in [0, 0.1) is 0 Å². The van der Waals surface area contributed by atoms with Gasteiger partial charge in [-0.05, 0) is 44.0 Å². The van der Waals surface area contributed by atoms with Crippen LogP contribution in [-0.2, 0) is 0 Å². The molecule has 0 bridgehead atoms. The zero-order chi connectivity index (χ0) is 13.0. The SMILES string of the molecule is CNC(C1=CCCC1)c1cc(OC)cc(OC)c1. The number of likely N-dealkylation sites (N-methyl/N-ethyl adjacent to an activating group) is 1. The fourth-order valence-electron chi connectivity index (χ4n) is 2.52. The summed E-state index contributed by atoms with van der Waals surface area (Å²) < 4.78 is 10.7. The van der Waals surface area contributed by atoms with Gasteiger partial charge in [0.2, 0.25) is 0 Å². The maximum atomic E-state index is 5.33. The predicted octanol–water partition coefficient (Wildman–Crippen LogP) is 3.07. The van der Waals surface area contributed by atoms with E-state index in [1.807, 2.05) is 13.1 Å². The minimum Gasteiger partial charge on any atom is -0.497 e. The number of allylic oxidation sites excluding steroid dienone is 1. The second-order valence-corrected chi connectivity index (χ2v) is 4.54. The van der Waals surface area contributed by atoms with Crippen molar-refractivity contribution < 1.29 is 9.47 Å². The molecule has 0 radical (unpaired) electrons. The summed E-state index contributed by atoms with van der Waals surface area (Å²) in [6.45, 7) is 0. The number of nitrogens with one attached hydrogen (secondary N) is 1. The Hall–Kier alpha value is -1.48. The van der Waals surface area contributed by atoms with Crippen molar-refractivity contribution in [2.45, 2.75) is 25.3 Å². The van der Waals surface area contributed by atoms with E-state index in [-0.39, 0.29) is 6.04 Å². The minimum absolute atomic E-state index is 0.261. The smallest absolute Gasteiger partial charge is 0.122 e. The van der Waals surface area contributed by atoms with Crippen molar-refractivity contribution in [3.8, 4) is 11.5 Å². The van der Waals surface area contributed by atoms with Gasteiger partial charge in [0.05, 0.1) is 20.3 Å². The average Bonchev–Trinajstić information content (AvgIpc) is 2.93. The molecule has 98 valence electrons. The summed E-state index contributed by atoms with van der Waals surface area (Å²) >= 11 is 0. The lowest BCUT2D eigenvalue weighted by Crippen LogP contribution is -2.18. The number of hydrogen-bond donors (Lipinski definition) is 1. The Bertz CT molecular complexity index is 418. The molecule has 1 aliphatic rings. The van der Waals surface area contributed by atoms with E-state index in [0.717, 1.165) is 11.5 Å². The Morgan fingerprint density at radius 3 is 2.22 bits per heavy atom. The molecule has 0 heterocycles. The van der Waals surface area contributed by atoms with Crippen LogP contribution >= 0.6 is 0 Å². The third kappa shape index (κ3) is 2.67. The second-order valence-electron chi connectivity index (χ2n) is 4.54. The zero-order valence-electron chi connectivity index (χ0n) is 11.3. The first kappa shape index (κ1) is 13.0. The number of benzene rings is 1. The highest BCUT2D eigenvalue weighted by Gasteiger charge is 2.18. The molecule has 0 saturated heterocycles. The molecule has 0 saturated carbocycles. The standard InChI is InChI=1S/C15H21NO2/c1-16-15(11-6-4-5-7-11)12-8-13(17-2)10-14(9-12)18-3/h6,8-10,15-16H,4-5,7H2,1-3H3. The maximum Gasteiger partial charge on any atom is 0.122 e. The molecule has 0 aromatic heterocycles. The Kier molecular flexibility index (Phi) is 4.26. The predicted molar refractivity (Wildman–Crippen MR) is 73.3 cm³/mol. The first-order chi connectivity index (χ1) is 8.78. The molecule has 1 aromatic rings. The highest BCUT2D eigenvalue weighted by molar-refractivity contribution is 5.42. The van der Waals surface area contributed by atoms with E-state index < -0.39 is 0 Å². The molecule has 1 atom stereocenters. The third-order valence-electron chi connectivity index (χ3n) is 3.44. The van der Waals surface area contributed by atoms with E-state index in [0.29, 0.717) is 0 Å². The van der Waals surface area contributed by atoms with Crippen molar-refractivity contribution >= 4 is 0 Å². The lowest BCUT2D eigenvalue weighted by Gasteiger charge is -2.20. The van der Waals surface area contributed by atoms with Crippen molar-refractivity contribution in [3.05, 3.63) is 35.4 Å². The van der Waals surface area contributed by atoms with Gasteiger partial charge in [-0.1, -0.05) is 11.6 Å². The van der Waals surface area contributed by atoms with E-state index in [1.165, 1.54) is 30.4 Å². The molecule has 0 fully saturated rings. The first-order valence-electron chi connectivity index (χ1n) is 6.37. The second kappa shape index (κ2) is 5.91. The van der Waals surface area contributed by atoms with Crippen molar-refractivity contribution in [1.82, 2.24) is 5.32 Å². The molecular weight excluding hydrogens is 226 g/mol. The van der Waals surface area contributed by atoms with Crippen molar-refractivity contribution in [1.29, 1.82) is 0 Å². The van der Waals surface area contributed by atoms with Gasteiger partial charge >= 0.3 is 0 Å². The van der Waals surface area contributed by atoms with Gasteiger partial charge in [-0.3, -0.25) is 0 Å². The van der Waals surface area contributed by atoms with Gasteiger partial charge in [-0.2, -0.15) is 0 Å². The van der Waals surface area contributed by atoms with Gasteiger partial charge in [-0.15, -0.1) is 0 Å². The molecule has 0 aliphatic heterocycles. The summed E-state index contributed by atoms with van der Waals surface area (Å²) in [6.07, 6.45) is 5.96. The van der Waals surface area contributed by atoms with Crippen LogP contribution in [-0.4, -0.2) is 21.3 Å². The van der Waals surface area contributed by atoms with E-state index >= 15 is 0 Å². The van der Waals surface area contributed by atoms with E-state index in [9.17, 15) is 0 Å². The molecule has 3 nitrogen and oxygen atoms in total.